The molecule has 0 saturated carbocycles. The number of hydrogen-bond acceptors (Lipinski definition) is 1. The lowest BCUT2D eigenvalue weighted by molar-refractivity contribution is 0.483. The average molecular weight is 211 g/mol. The van der Waals surface area contributed by atoms with Crippen molar-refractivity contribution in [3.05, 3.63) is 18.0 Å². The number of hydrogen-bond donors (Lipinski definition) is 0. The Bertz CT molecular complexity index is 331. The SMILES string of the molecule is CC(C)Cn1cc(C#CCCCl)cn1. The molecule has 0 aromatic carbocycles. The van der Waals surface area contributed by atoms with E-state index in [4.69, 9.17) is 11.6 Å². The van der Waals surface area contributed by atoms with Crippen LogP contribution < -0.4 is 0 Å². The quantitative estimate of drug-likeness (QED) is 0.554. The fraction of sp³-hybridized carbons (Fsp3) is 0.545. The molecule has 0 fully saturated rings. The topological polar surface area (TPSA) is 17.8 Å². The summed E-state index contributed by atoms with van der Waals surface area (Å²) in [5.41, 5.74) is 0.968. The lowest BCUT2D eigenvalue weighted by Crippen LogP contribution is -2.03. The molecule has 14 heavy (non-hydrogen) atoms. The van der Waals surface area contributed by atoms with E-state index >= 15 is 0 Å². The molecule has 1 aromatic heterocycles. The Morgan fingerprint density at radius 3 is 3.00 bits per heavy atom. The van der Waals surface area contributed by atoms with Gasteiger partial charge in [-0.15, -0.1) is 11.6 Å². The van der Waals surface area contributed by atoms with Crippen molar-refractivity contribution >= 4 is 11.6 Å². The summed E-state index contributed by atoms with van der Waals surface area (Å²) in [5.74, 6) is 7.20. The van der Waals surface area contributed by atoms with Crippen molar-refractivity contribution in [3.63, 3.8) is 0 Å². The Morgan fingerprint density at radius 2 is 2.36 bits per heavy atom. The van der Waals surface area contributed by atoms with Gasteiger partial charge in [-0.3, -0.25) is 4.68 Å². The zero-order valence-electron chi connectivity index (χ0n) is 8.63. The van der Waals surface area contributed by atoms with Gasteiger partial charge >= 0.3 is 0 Å². The summed E-state index contributed by atoms with van der Waals surface area (Å²) in [6, 6.07) is 0. The summed E-state index contributed by atoms with van der Waals surface area (Å²) in [4.78, 5) is 0. The molecular formula is C11H15ClN2. The first-order chi connectivity index (χ1) is 6.72. The predicted molar refractivity (Wildman–Crippen MR) is 59.3 cm³/mol. The Labute approximate surface area is 90.3 Å². The molecule has 0 aliphatic heterocycles. The Morgan fingerprint density at radius 1 is 1.57 bits per heavy atom. The van der Waals surface area contributed by atoms with Crippen molar-refractivity contribution in [2.45, 2.75) is 26.8 Å². The van der Waals surface area contributed by atoms with Crippen molar-refractivity contribution in [2.75, 3.05) is 5.88 Å². The maximum Gasteiger partial charge on any atom is 0.0646 e. The first-order valence-electron chi connectivity index (χ1n) is 4.79. The molecule has 0 N–H and O–H groups in total. The Hall–Kier alpha value is -0.940. The molecule has 0 unspecified atom stereocenters. The van der Waals surface area contributed by atoms with E-state index in [1.165, 1.54) is 0 Å². The summed E-state index contributed by atoms with van der Waals surface area (Å²) in [7, 11) is 0. The number of alkyl halides is 1. The van der Waals surface area contributed by atoms with E-state index in [1.807, 2.05) is 10.9 Å². The minimum atomic E-state index is 0.590. The van der Waals surface area contributed by atoms with E-state index in [1.54, 1.807) is 6.20 Å². The molecule has 0 spiro atoms. The van der Waals surface area contributed by atoms with Gasteiger partial charge in [-0.05, 0) is 5.92 Å². The summed E-state index contributed by atoms with van der Waals surface area (Å²) < 4.78 is 1.93. The molecule has 1 aromatic rings. The molecule has 1 rings (SSSR count). The van der Waals surface area contributed by atoms with Crippen LogP contribution in [0.2, 0.25) is 0 Å². The molecule has 0 saturated heterocycles. The number of halogens is 1. The van der Waals surface area contributed by atoms with E-state index < -0.39 is 0 Å². The van der Waals surface area contributed by atoms with Crippen molar-refractivity contribution in [2.24, 2.45) is 5.92 Å². The van der Waals surface area contributed by atoms with Gasteiger partial charge < -0.3 is 0 Å². The van der Waals surface area contributed by atoms with Gasteiger partial charge in [0.1, 0.15) is 0 Å². The monoisotopic (exact) mass is 210 g/mol. The van der Waals surface area contributed by atoms with E-state index in [0.717, 1.165) is 18.5 Å². The van der Waals surface area contributed by atoms with Crippen LogP contribution in [0.25, 0.3) is 0 Å². The highest BCUT2D eigenvalue weighted by atomic mass is 35.5. The number of nitrogens with zero attached hydrogens (tertiary/aromatic N) is 2. The summed E-state index contributed by atoms with van der Waals surface area (Å²) in [5, 5.41) is 4.22. The molecule has 0 atom stereocenters. The van der Waals surface area contributed by atoms with Crippen molar-refractivity contribution in [1.29, 1.82) is 0 Å². The van der Waals surface area contributed by atoms with Crippen LogP contribution in [0, 0.1) is 17.8 Å². The summed E-state index contributed by atoms with van der Waals surface area (Å²) in [6.45, 7) is 5.28. The summed E-state index contributed by atoms with van der Waals surface area (Å²) >= 11 is 5.52. The van der Waals surface area contributed by atoms with Gasteiger partial charge in [0.05, 0.1) is 11.8 Å². The van der Waals surface area contributed by atoms with Crippen LogP contribution in [0.4, 0.5) is 0 Å². The van der Waals surface area contributed by atoms with Crippen molar-refractivity contribution in [3.8, 4) is 11.8 Å². The minimum absolute atomic E-state index is 0.590. The molecule has 0 aliphatic rings. The molecule has 0 radical (unpaired) electrons. The number of aromatic nitrogens is 2. The molecule has 2 nitrogen and oxygen atoms in total. The van der Waals surface area contributed by atoms with E-state index in [-0.39, 0.29) is 0 Å². The third-order valence-electron chi connectivity index (χ3n) is 1.64. The highest BCUT2D eigenvalue weighted by Crippen LogP contribution is 2.00. The second kappa shape index (κ2) is 5.72. The van der Waals surface area contributed by atoms with Gasteiger partial charge in [-0.1, -0.05) is 25.7 Å². The molecule has 76 valence electrons. The van der Waals surface area contributed by atoms with Gasteiger partial charge in [0.15, 0.2) is 0 Å². The van der Waals surface area contributed by atoms with Crippen LogP contribution in [0.5, 0.6) is 0 Å². The molecule has 1 heterocycles. The predicted octanol–water partition coefficient (Wildman–Crippen LogP) is 2.52. The molecule has 0 amide bonds. The van der Waals surface area contributed by atoms with Crippen LogP contribution in [-0.4, -0.2) is 15.7 Å². The van der Waals surface area contributed by atoms with Crippen molar-refractivity contribution in [1.82, 2.24) is 9.78 Å². The third-order valence-corrected chi connectivity index (χ3v) is 1.83. The lowest BCUT2D eigenvalue weighted by atomic mass is 10.2. The molecule has 3 heteroatoms. The van der Waals surface area contributed by atoms with E-state index in [2.05, 4.69) is 30.8 Å². The maximum atomic E-state index is 5.52. The van der Waals surface area contributed by atoms with Crippen LogP contribution in [0.1, 0.15) is 25.8 Å². The number of rotatable bonds is 3. The molecule has 0 aliphatic carbocycles. The van der Waals surface area contributed by atoms with Crippen LogP contribution in [0.15, 0.2) is 12.4 Å². The second-order valence-corrected chi connectivity index (χ2v) is 3.96. The Balaban J connectivity index is 2.56. The first-order valence-corrected chi connectivity index (χ1v) is 5.33. The largest absolute Gasteiger partial charge is 0.271 e. The van der Waals surface area contributed by atoms with Gasteiger partial charge in [0, 0.05) is 25.0 Å². The van der Waals surface area contributed by atoms with Crippen LogP contribution in [-0.2, 0) is 6.54 Å². The molecular weight excluding hydrogens is 196 g/mol. The van der Waals surface area contributed by atoms with Gasteiger partial charge in [0.2, 0.25) is 0 Å². The summed E-state index contributed by atoms with van der Waals surface area (Å²) in [6.07, 6.45) is 4.50. The van der Waals surface area contributed by atoms with Gasteiger partial charge in [-0.25, -0.2) is 0 Å². The lowest BCUT2D eigenvalue weighted by Gasteiger charge is -2.02. The van der Waals surface area contributed by atoms with Crippen molar-refractivity contribution < 1.29 is 0 Å². The Kier molecular flexibility index (Phi) is 4.55. The normalized spacial score (nSPS) is 10.0. The van der Waals surface area contributed by atoms with Crippen LogP contribution in [0.3, 0.4) is 0 Å². The third kappa shape index (κ3) is 3.85. The zero-order chi connectivity index (χ0) is 10.4. The standard InChI is InChI=1S/C11H15ClN2/c1-10(2)8-14-9-11(7-13-14)5-3-4-6-12/h7,9-10H,4,6,8H2,1-2H3. The fourth-order valence-corrected chi connectivity index (χ4v) is 1.21. The van der Waals surface area contributed by atoms with Crippen LogP contribution >= 0.6 is 11.6 Å². The smallest absolute Gasteiger partial charge is 0.0646 e. The highest BCUT2D eigenvalue weighted by Gasteiger charge is 1.97. The second-order valence-electron chi connectivity index (χ2n) is 3.59. The minimum Gasteiger partial charge on any atom is -0.271 e. The fourth-order valence-electron chi connectivity index (χ4n) is 1.11. The maximum absolute atomic E-state index is 5.52. The molecule has 0 bridgehead atoms. The van der Waals surface area contributed by atoms with Gasteiger partial charge in [-0.2, -0.15) is 5.10 Å². The average Bonchev–Trinajstić information content (AvgIpc) is 2.52. The van der Waals surface area contributed by atoms with E-state index in [9.17, 15) is 0 Å². The zero-order valence-corrected chi connectivity index (χ0v) is 9.38. The van der Waals surface area contributed by atoms with Gasteiger partial charge in [0.25, 0.3) is 0 Å². The first kappa shape index (κ1) is 11.1. The highest BCUT2D eigenvalue weighted by molar-refractivity contribution is 6.18. The van der Waals surface area contributed by atoms with E-state index in [0.29, 0.717) is 11.8 Å².